The van der Waals surface area contributed by atoms with Gasteiger partial charge in [-0.2, -0.15) is 0 Å². The third-order valence-corrected chi connectivity index (χ3v) is 3.87. The van der Waals surface area contributed by atoms with E-state index >= 15 is 0 Å². The van der Waals surface area contributed by atoms with Gasteiger partial charge in [-0.15, -0.1) is 0 Å². The first-order valence-corrected chi connectivity index (χ1v) is 6.75. The van der Waals surface area contributed by atoms with Crippen molar-refractivity contribution < 1.29 is 9.31 Å². The maximum Gasteiger partial charge on any atom is 0.272 e. The van der Waals surface area contributed by atoms with Crippen LogP contribution in [-0.2, 0) is 6.42 Å². The lowest BCUT2D eigenvalue weighted by Gasteiger charge is -2.21. The van der Waals surface area contributed by atoms with Gasteiger partial charge in [0.05, 0.1) is 11.0 Å². The maximum atomic E-state index is 13.4. The minimum absolute atomic E-state index is 0.116. The van der Waals surface area contributed by atoms with Crippen molar-refractivity contribution in [1.29, 1.82) is 0 Å². The van der Waals surface area contributed by atoms with E-state index in [-0.39, 0.29) is 11.7 Å². The fourth-order valence-corrected chi connectivity index (χ4v) is 2.83. The van der Waals surface area contributed by atoms with Crippen molar-refractivity contribution in [2.24, 2.45) is 11.7 Å². The zero-order chi connectivity index (χ0) is 13.8. The summed E-state index contributed by atoms with van der Waals surface area (Å²) < 4.78 is 13.4. The molecule has 0 saturated heterocycles. The second-order valence-corrected chi connectivity index (χ2v) is 5.34. The summed E-state index contributed by atoms with van der Waals surface area (Å²) >= 11 is 0. The molecule has 1 aromatic rings. The van der Waals surface area contributed by atoms with Crippen LogP contribution in [0.15, 0.2) is 18.2 Å². The van der Waals surface area contributed by atoms with Crippen LogP contribution < -0.4 is 5.73 Å². The second-order valence-electron chi connectivity index (χ2n) is 5.34. The number of nitrogens with zero attached hydrogens (tertiary/aromatic N) is 1. The monoisotopic (exact) mass is 266 g/mol. The Bertz CT molecular complexity index is 465. The smallest absolute Gasteiger partial charge is 0.272 e. The van der Waals surface area contributed by atoms with Crippen LogP contribution in [0.3, 0.4) is 0 Å². The summed E-state index contributed by atoms with van der Waals surface area (Å²) in [7, 11) is 0. The summed E-state index contributed by atoms with van der Waals surface area (Å²) in [5.74, 6) is -0.254. The summed E-state index contributed by atoms with van der Waals surface area (Å²) in [6.07, 6.45) is 6.09. The van der Waals surface area contributed by atoms with E-state index in [1.165, 1.54) is 18.6 Å². The molecule has 0 bridgehead atoms. The third-order valence-electron chi connectivity index (χ3n) is 3.87. The average Bonchev–Trinajstić information content (AvgIpc) is 2.54. The summed E-state index contributed by atoms with van der Waals surface area (Å²) in [5, 5.41) is 10.7. The number of nitrogens with two attached hydrogens (primary N) is 1. The van der Waals surface area contributed by atoms with Crippen LogP contribution in [0.5, 0.6) is 0 Å². The summed E-state index contributed by atoms with van der Waals surface area (Å²) in [6.45, 7) is 0. The molecule has 0 aromatic heterocycles. The van der Waals surface area contributed by atoms with Crippen LogP contribution in [0, 0.1) is 21.8 Å². The lowest BCUT2D eigenvalue weighted by atomic mass is 9.89. The predicted octanol–water partition coefficient (Wildman–Crippen LogP) is 3.18. The van der Waals surface area contributed by atoms with Crippen molar-refractivity contribution in [1.82, 2.24) is 0 Å². The highest BCUT2D eigenvalue weighted by Crippen LogP contribution is 2.27. The molecule has 2 unspecified atom stereocenters. The number of nitro groups is 1. The molecule has 0 amide bonds. The molecule has 0 heterocycles. The van der Waals surface area contributed by atoms with E-state index in [1.807, 2.05) is 0 Å². The van der Waals surface area contributed by atoms with E-state index in [0.717, 1.165) is 31.7 Å². The van der Waals surface area contributed by atoms with Gasteiger partial charge in [0, 0.05) is 12.1 Å². The first kappa shape index (κ1) is 13.9. The number of rotatable bonds is 3. The Morgan fingerprint density at radius 2 is 2.00 bits per heavy atom. The Kier molecular flexibility index (Phi) is 4.47. The Labute approximate surface area is 112 Å². The van der Waals surface area contributed by atoms with Crippen molar-refractivity contribution in [3.63, 3.8) is 0 Å². The van der Waals surface area contributed by atoms with Gasteiger partial charge in [-0.05, 0) is 36.8 Å². The van der Waals surface area contributed by atoms with E-state index in [0.29, 0.717) is 17.9 Å². The van der Waals surface area contributed by atoms with Gasteiger partial charge >= 0.3 is 0 Å². The van der Waals surface area contributed by atoms with Crippen LogP contribution in [0.2, 0.25) is 0 Å². The number of halogens is 1. The lowest BCUT2D eigenvalue weighted by molar-refractivity contribution is -0.385. The largest absolute Gasteiger partial charge is 0.327 e. The first-order valence-electron chi connectivity index (χ1n) is 6.75. The minimum Gasteiger partial charge on any atom is -0.327 e. The zero-order valence-corrected chi connectivity index (χ0v) is 10.8. The molecular weight excluding hydrogens is 247 g/mol. The van der Waals surface area contributed by atoms with E-state index < -0.39 is 10.7 Å². The maximum absolute atomic E-state index is 13.4. The van der Waals surface area contributed by atoms with E-state index in [1.54, 1.807) is 0 Å². The molecule has 2 rings (SSSR count). The van der Waals surface area contributed by atoms with Crippen molar-refractivity contribution in [2.75, 3.05) is 0 Å². The highest BCUT2D eigenvalue weighted by atomic mass is 19.1. The molecule has 104 valence electrons. The van der Waals surface area contributed by atoms with Gasteiger partial charge in [0.2, 0.25) is 0 Å². The number of nitro benzene ring substituents is 1. The Balaban J connectivity index is 2.15. The molecule has 4 nitrogen and oxygen atoms in total. The normalized spacial score (nSPS) is 23.9. The molecule has 2 N–H and O–H groups in total. The molecule has 19 heavy (non-hydrogen) atoms. The minimum atomic E-state index is -0.556. The van der Waals surface area contributed by atoms with Crippen LogP contribution in [-0.4, -0.2) is 11.0 Å². The SMILES string of the molecule is NC1CCCCCC1Cc1cc(F)cc([N+](=O)[O-])c1. The van der Waals surface area contributed by atoms with E-state index in [2.05, 4.69) is 0 Å². The third kappa shape index (κ3) is 3.73. The first-order chi connectivity index (χ1) is 9.06. The second kappa shape index (κ2) is 6.10. The fraction of sp³-hybridized carbons (Fsp3) is 0.571. The van der Waals surface area contributed by atoms with Crippen molar-refractivity contribution in [3.8, 4) is 0 Å². The molecule has 2 atom stereocenters. The van der Waals surface area contributed by atoms with Gasteiger partial charge in [-0.25, -0.2) is 4.39 Å². The van der Waals surface area contributed by atoms with Gasteiger partial charge in [0.15, 0.2) is 0 Å². The molecule has 0 radical (unpaired) electrons. The number of hydrogen-bond acceptors (Lipinski definition) is 3. The number of hydrogen-bond donors (Lipinski definition) is 1. The van der Waals surface area contributed by atoms with Crippen molar-refractivity contribution in [3.05, 3.63) is 39.7 Å². The molecule has 1 fully saturated rings. The van der Waals surface area contributed by atoms with Crippen LogP contribution in [0.4, 0.5) is 10.1 Å². The Morgan fingerprint density at radius 1 is 1.26 bits per heavy atom. The summed E-state index contributed by atoms with van der Waals surface area (Å²) in [6, 6.07) is 3.91. The molecule has 0 aliphatic heterocycles. The zero-order valence-electron chi connectivity index (χ0n) is 10.8. The van der Waals surface area contributed by atoms with Gasteiger partial charge in [-0.1, -0.05) is 19.3 Å². The molecule has 0 spiro atoms. The van der Waals surface area contributed by atoms with Gasteiger partial charge in [0.25, 0.3) is 5.69 Å². The molecule has 1 aromatic carbocycles. The number of non-ortho nitro benzene ring substituents is 1. The highest BCUT2D eigenvalue weighted by Gasteiger charge is 2.21. The fourth-order valence-electron chi connectivity index (χ4n) is 2.83. The highest BCUT2D eigenvalue weighted by molar-refractivity contribution is 5.35. The van der Waals surface area contributed by atoms with Crippen LogP contribution in [0.25, 0.3) is 0 Å². The topological polar surface area (TPSA) is 69.2 Å². The quantitative estimate of drug-likeness (QED) is 0.519. The van der Waals surface area contributed by atoms with Crippen LogP contribution in [0.1, 0.15) is 37.7 Å². The van der Waals surface area contributed by atoms with E-state index in [4.69, 9.17) is 5.73 Å². The Hall–Kier alpha value is -1.49. The standard InChI is InChI=1S/C14H19FN2O2/c15-12-7-10(8-13(9-12)17(18)19)6-11-4-2-1-3-5-14(11)16/h7-9,11,14H,1-6,16H2. The number of benzene rings is 1. The molecule has 1 aliphatic carbocycles. The molecular formula is C14H19FN2O2. The predicted molar refractivity (Wildman–Crippen MR) is 71.3 cm³/mol. The van der Waals surface area contributed by atoms with Crippen LogP contribution >= 0.6 is 0 Å². The lowest BCUT2D eigenvalue weighted by Crippen LogP contribution is -2.30. The van der Waals surface area contributed by atoms with Gasteiger partial charge in [0.1, 0.15) is 5.82 Å². The van der Waals surface area contributed by atoms with E-state index in [9.17, 15) is 14.5 Å². The van der Waals surface area contributed by atoms with Crippen molar-refractivity contribution >= 4 is 5.69 Å². The van der Waals surface area contributed by atoms with Crippen molar-refractivity contribution in [2.45, 2.75) is 44.6 Å². The molecule has 1 saturated carbocycles. The van der Waals surface area contributed by atoms with Gasteiger partial charge < -0.3 is 5.73 Å². The summed E-state index contributed by atoms with van der Waals surface area (Å²) in [5.41, 5.74) is 6.63. The average molecular weight is 266 g/mol. The summed E-state index contributed by atoms with van der Waals surface area (Å²) in [4.78, 5) is 10.2. The Morgan fingerprint density at radius 3 is 2.74 bits per heavy atom. The molecule has 1 aliphatic rings. The van der Waals surface area contributed by atoms with Gasteiger partial charge in [-0.3, -0.25) is 10.1 Å². The molecule has 5 heteroatoms.